The van der Waals surface area contributed by atoms with Gasteiger partial charge in [0.1, 0.15) is 0 Å². The minimum atomic E-state index is -0.914. The lowest BCUT2D eigenvalue weighted by Crippen LogP contribution is -2.47. The zero-order chi connectivity index (χ0) is 19.3. The molecule has 0 heterocycles. The molecular formula is C19H28N2O4. The Labute approximate surface area is 149 Å². The lowest BCUT2D eigenvalue weighted by molar-refractivity contribution is -0.143. The highest BCUT2D eigenvalue weighted by Crippen LogP contribution is 2.22. The van der Waals surface area contributed by atoms with Crippen LogP contribution in [0.4, 0.5) is 5.69 Å². The number of benzene rings is 1. The van der Waals surface area contributed by atoms with Crippen molar-refractivity contribution >= 4 is 23.5 Å². The van der Waals surface area contributed by atoms with Gasteiger partial charge in [-0.05, 0) is 53.2 Å². The van der Waals surface area contributed by atoms with E-state index in [0.29, 0.717) is 5.69 Å². The summed E-state index contributed by atoms with van der Waals surface area (Å²) in [4.78, 5) is 38.2. The fourth-order valence-electron chi connectivity index (χ4n) is 2.77. The SMILES string of the molecule is CC(=O)Nc1c(C)cccc1C(=O)OC(C)C(=O)N(C(C)C)C(C)C. The number of hydrogen-bond donors (Lipinski definition) is 1. The third-order valence-electron chi connectivity index (χ3n) is 3.79. The molecule has 6 heteroatoms. The summed E-state index contributed by atoms with van der Waals surface area (Å²) in [5.74, 6) is -1.16. The summed E-state index contributed by atoms with van der Waals surface area (Å²) in [5.41, 5.74) is 1.38. The van der Waals surface area contributed by atoms with Gasteiger partial charge in [0.05, 0.1) is 11.3 Å². The maximum absolute atomic E-state index is 12.6. The Morgan fingerprint density at radius 3 is 2.08 bits per heavy atom. The number of esters is 1. The van der Waals surface area contributed by atoms with Crippen molar-refractivity contribution in [1.82, 2.24) is 4.90 Å². The molecule has 1 unspecified atom stereocenters. The highest BCUT2D eigenvalue weighted by Gasteiger charge is 2.28. The van der Waals surface area contributed by atoms with Crippen molar-refractivity contribution in [3.63, 3.8) is 0 Å². The number of nitrogens with zero attached hydrogens (tertiary/aromatic N) is 1. The average Bonchev–Trinajstić information content (AvgIpc) is 2.47. The van der Waals surface area contributed by atoms with E-state index in [2.05, 4.69) is 5.32 Å². The van der Waals surface area contributed by atoms with Crippen LogP contribution in [0.5, 0.6) is 0 Å². The third-order valence-corrected chi connectivity index (χ3v) is 3.79. The summed E-state index contributed by atoms with van der Waals surface area (Å²) in [7, 11) is 0. The van der Waals surface area contributed by atoms with Gasteiger partial charge in [0.2, 0.25) is 5.91 Å². The molecule has 1 rings (SSSR count). The van der Waals surface area contributed by atoms with Gasteiger partial charge in [0.15, 0.2) is 6.10 Å². The Balaban J connectivity index is 3.01. The van der Waals surface area contributed by atoms with E-state index in [1.54, 1.807) is 36.9 Å². The van der Waals surface area contributed by atoms with Crippen LogP contribution in [0.1, 0.15) is 57.5 Å². The molecule has 138 valence electrons. The van der Waals surface area contributed by atoms with Crippen LogP contribution in [0, 0.1) is 6.92 Å². The van der Waals surface area contributed by atoms with Gasteiger partial charge in [0, 0.05) is 19.0 Å². The number of carbonyl (C=O) groups is 3. The quantitative estimate of drug-likeness (QED) is 0.801. The molecule has 2 amide bonds. The zero-order valence-corrected chi connectivity index (χ0v) is 16.0. The van der Waals surface area contributed by atoms with Crippen LogP contribution in [0.3, 0.4) is 0 Å². The number of hydrogen-bond acceptors (Lipinski definition) is 4. The fraction of sp³-hybridized carbons (Fsp3) is 0.526. The van der Waals surface area contributed by atoms with Crippen LogP contribution in [-0.4, -0.2) is 40.9 Å². The minimum absolute atomic E-state index is 0.00237. The van der Waals surface area contributed by atoms with Gasteiger partial charge >= 0.3 is 5.97 Å². The Morgan fingerprint density at radius 2 is 1.60 bits per heavy atom. The molecule has 0 aliphatic carbocycles. The van der Waals surface area contributed by atoms with E-state index in [4.69, 9.17) is 4.74 Å². The molecule has 1 N–H and O–H groups in total. The van der Waals surface area contributed by atoms with Gasteiger partial charge in [0.25, 0.3) is 5.91 Å². The van der Waals surface area contributed by atoms with Crippen LogP contribution in [-0.2, 0) is 14.3 Å². The molecule has 1 atom stereocenters. The Bertz CT molecular complexity index is 645. The molecule has 1 aromatic carbocycles. The second-order valence-corrected chi connectivity index (χ2v) is 6.66. The summed E-state index contributed by atoms with van der Waals surface area (Å²) in [6, 6.07) is 5.07. The first kappa shape index (κ1) is 20.7. The van der Waals surface area contributed by atoms with Gasteiger partial charge in [-0.3, -0.25) is 9.59 Å². The molecule has 0 aromatic heterocycles. The Hall–Kier alpha value is -2.37. The van der Waals surface area contributed by atoms with Crippen LogP contribution in [0.25, 0.3) is 0 Å². The number of ether oxygens (including phenoxy) is 1. The monoisotopic (exact) mass is 348 g/mol. The predicted molar refractivity (Wildman–Crippen MR) is 97.5 cm³/mol. The molecule has 0 aliphatic rings. The van der Waals surface area contributed by atoms with Crippen molar-refractivity contribution in [2.24, 2.45) is 0 Å². The van der Waals surface area contributed by atoms with Crippen LogP contribution < -0.4 is 5.32 Å². The molecule has 0 aliphatic heterocycles. The van der Waals surface area contributed by atoms with Crippen LogP contribution in [0.15, 0.2) is 18.2 Å². The summed E-state index contributed by atoms with van der Waals surface area (Å²) in [5, 5.41) is 2.65. The van der Waals surface area contributed by atoms with Crippen molar-refractivity contribution in [2.75, 3.05) is 5.32 Å². The van der Waals surface area contributed by atoms with E-state index >= 15 is 0 Å². The minimum Gasteiger partial charge on any atom is -0.449 e. The number of para-hydroxylation sites is 1. The molecule has 1 aromatic rings. The van der Waals surface area contributed by atoms with E-state index < -0.39 is 12.1 Å². The normalized spacial score (nSPS) is 12.0. The van der Waals surface area contributed by atoms with Gasteiger partial charge in [-0.2, -0.15) is 0 Å². The van der Waals surface area contributed by atoms with Gasteiger partial charge in [-0.15, -0.1) is 0 Å². The first-order chi connectivity index (χ1) is 11.6. The smallest absolute Gasteiger partial charge is 0.341 e. The van der Waals surface area contributed by atoms with Crippen molar-refractivity contribution in [3.8, 4) is 0 Å². The first-order valence-electron chi connectivity index (χ1n) is 8.46. The maximum Gasteiger partial charge on any atom is 0.341 e. The maximum atomic E-state index is 12.6. The van der Waals surface area contributed by atoms with Crippen molar-refractivity contribution in [2.45, 2.75) is 66.7 Å². The highest BCUT2D eigenvalue weighted by molar-refractivity contribution is 6.02. The summed E-state index contributed by atoms with van der Waals surface area (Å²) in [6.07, 6.45) is -0.914. The number of carbonyl (C=O) groups excluding carboxylic acids is 3. The lowest BCUT2D eigenvalue weighted by atomic mass is 10.1. The van der Waals surface area contributed by atoms with E-state index in [-0.39, 0.29) is 29.5 Å². The molecule has 25 heavy (non-hydrogen) atoms. The topological polar surface area (TPSA) is 75.7 Å². The molecule has 6 nitrogen and oxygen atoms in total. The van der Waals surface area contributed by atoms with Crippen LogP contribution >= 0.6 is 0 Å². The van der Waals surface area contributed by atoms with E-state index in [1.807, 2.05) is 27.7 Å². The van der Waals surface area contributed by atoms with Crippen molar-refractivity contribution in [3.05, 3.63) is 29.3 Å². The van der Waals surface area contributed by atoms with E-state index in [0.717, 1.165) is 5.56 Å². The fourth-order valence-corrected chi connectivity index (χ4v) is 2.77. The Morgan fingerprint density at radius 1 is 1.04 bits per heavy atom. The summed E-state index contributed by atoms with van der Waals surface area (Å²) in [6.45, 7) is 12.4. The number of amides is 2. The molecule has 0 radical (unpaired) electrons. The number of anilines is 1. The van der Waals surface area contributed by atoms with Gasteiger partial charge in [-0.1, -0.05) is 12.1 Å². The van der Waals surface area contributed by atoms with E-state index in [9.17, 15) is 14.4 Å². The third kappa shape index (κ3) is 5.31. The second-order valence-electron chi connectivity index (χ2n) is 6.66. The molecule has 0 spiro atoms. The number of aryl methyl sites for hydroxylation is 1. The van der Waals surface area contributed by atoms with E-state index in [1.165, 1.54) is 6.92 Å². The molecule has 0 bridgehead atoms. The zero-order valence-electron chi connectivity index (χ0n) is 16.0. The van der Waals surface area contributed by atoms with Crippen LogP contribution in [0.2, 0.25) is 0 Å². The largest absolute Gasteiger partial charge is 0.449 e. The molecular weight excluding hydrogens is 320 g/mol. The molecule has 0 fully saturated rings. The summed E-state index contributed by atoms with van der Waals surface area (Å²) < 4.78 is 5.38. The van der Waals surface area contributed by atoms with Crippen molar-refractivity contribution in [1.29, 1.82) is 0 Å². The van der Waals surface area contributed by atoms with Gasteiger partial charge in [-0.25, -0.2) is 4.79 Å². The average molecular weight is 348 g/mol. The second kappa shape index (κ2) is 8.65. The summed E-state index contributed by atoms with van der Waals surface area (Å²) >= 11 is 0. The molecule has 0 saturated heterocycles. The lowest BCUT2D eigenvalue weighted by Gasteiger charge is -2.32. The molecule has 0 saturated carbocycles. The first-order valence-corrected chi connectivity index (χ1v) is 8.46. The Kier molecular flexibility index (Phi) is 7.15. The number of nitrogens with one attached hydrogen (secondary N) is 1. The van der Waals surface area contributed by atoms with Crippen molar-refractivity contribution < 1.29 is 19.1 Å². The number of rotatable bonds is 6. The standard InChI is InChI=1S/C19H28N2O4/c1-11(2)21(12(3)4)18(23)14(6)25-19(24)16-10-8-9-13(5)17(16)20-15(7)22/h8-12,14H,1-7H3,(H,20,22). The van der Waals surface area contributed by atoms with Gasteiger partial charge < -0.3 is 15.0 Å². The predicted octanol–water partition coefficient (Wildman–Crippen LogP) is 3.14. The highest BCUT2D eigenvalue weighted by atomic mass is 16.5.